The Bertz CT molecular complexity index is 840. The van der Waals surface area contributed by atoms with Gasteiger partial charge >= 0.3 is 5.97 Å². The highest BCUT2D eigenvalue weighted by Crippen LogP contribution is 2.48. The molecule has 1 aliphatic rings. The molecule has 4 atom stereocenters. The van der Waals surface area contributed by atoms with Gasteiger partial charge in [0.2, 0.25) is 5.54 Å². The molecule has 1 fully saturated rings. The average molecular weight is 384 g/mol. The van der Waals surface area contributed by atoms with Gasteiger partial charge in [0.1, 0.15) is 17.8 Å². The van der Waals surface area contributed by atoms with Crippen molar-refractivity contribution in [3.63, 3.8) is 0 Å². The van der Waals surface area contributed by atoms with E-state index in [0.29, 0.717) is 17.9 Å². The lowest BCUT2D eigenvalue weighted by Gasteiger charge is -2.29. The van der Waals surface area contributed by atoms with Crippen molar-refractivity contribution in [3.8, 4) is 5.75 Å². The Labute approximate surface area is 163 Å². The summed E-state index contributed by atoms with van der Waals surface area (Å²) in [5, 5.41) is 15.5. The molecule has 0 aliphatic carbocycles. The number of hydrogen-bond donors (Lipinski definition) is 1. The summed E-state index contributed by atoms with van der Waals surface area (Å²) in [5.41, 5.74) is -0.0131. The van der Waals surface area contributed by atoms with Gasteiger partial charge in [-0.15, -0.1) is 0 Å². The van der Waals surface area contributed by atoms with Gasteiger partial charge in [0, 0.05) is 11.8 Å². The van der Waals surface area contributed by atoms with E-state index < -0.39 is 29.5 Å². The molecule has 28 heavy (non-hydrogen) atoms. The highest BCUT2D eigenvalue weighted by atomic mass is 16.6. The van der Waals surface area contributed by atoms with Crippen molar-refractivity contribution in [2.24, 2.45) is 0 Å². The summed E-state index contributed by atoms with van der Waals surface area (Å²) in [6.45, 7) is 4.00. The van der Waals surface area contributed by atoms with Crippen molar-refractivity contribution in [2.75, 3.05) is 13.7 Å². The van der Waals surface area contributed by atoms with Crippen molar-refractivity contribution in [1.82, 2.24) is 5.32 Å². The lowest BCUT2D eigenvalue weighted by atomic mass is 9.75. The van der Waals surface area contributed by atoms with E-state index in [2.05, 4.69) is 5.32 Å². The van der Waals surface area contributed by atoms with E-state index in [1.54, 1.807) is 31.2 Å². The molecule has 0 radical (unpaired) electrons. The third-order valence-electron chi connectivity index (χ3n) is 5.43. The Morgan fingerprint density at radius 3 is 2.32 bits per heavy atom. The van der Waals surface area contributed by atoms with Crippen molar-refractivity contribution in [3.05, 3.63) is 75.8 Å². The predicted octanol–water partition coefficient (Wildman–Crippen LogP) is 3.09. The molecule has 1 N–H and O–H groups in total. The van der Waals surface area contributed by atoms with Gasteiger partial charge in [-0.25, -0.2) is 0 Å². The topological polar surface area (TPSA) is 90.7 Å². The van der Waals surface area contributed by atoms with Crippen LogP contribution in [0.4, 0.5) is 0 Å². The number of nitro groups is 1. The maximum Gasteiger partial charge on any atom is 0.323 e. The van der Waals surface area contributed by atoms with Crippen LogP contribution < -0.4 is 10.1 Å². The molecule has 2 aromatic carbocycles. The second-order valence-corrected chi connectivity index (χ2v) is 6.97. The summed E-state index contributed by atoms with van der Waals surface area (Å²) in [6, 6.07) is 14.8. The van der Waals surface area contributed by atoms with Gasteiger partial charge in [-0.1, -0.05) is 42.5 Å². The Kier molecular flexibility index (Phi) is 5.65. The Morgan fingerprint density at radius 1 is 1.14 bits per heavy atom. The van der Waals surface area contributed by atoms with E-state index in [1.165, 1.54) is 7.11 Å². The third kappa shape index (κ3) is 3.33. The molecule has 7 heteroatoms. The maximum absolute atomic E-state index is 12.5. The van der Waals surface area contributed by atoms with Gasteiger partial charge in [-0.2, -0.15) is 0 Å². The van der Waals surface area contributed by atoms with Gasteiger partial charge in [0.25, 0.3) is 0 Å². The third-order valence-corrected chi connectivity index (χ3v) is 5.43. The molecule has 1 saturated heterocycles. The summed E-state index contributed by atoms with van der Waals surface area (Å²) < 4.78 is 10.4. The molecule has 0 saturated carbocycles. The lowest BCUT2D eigenvalue weighted by Crippen LogP contribution is -2.45. The number of hydrogen-bond acceptors (Lipinski definition) is 6. The zero-order valence-corrected chi connectivity index (χ0v) is 16.1. The van der Waals surface area contributed by atoms with Gasteiger partial charge in [-0.3, -0.25) is 20.2 Å². The van der Waals surface area contributed by atoms with Crippen LogP contribution in [0.3, 0.4) is 0 Å². The van der Waals surface area contributed by atoms with Crippen molar-refractivity contribution >= 4 is 5.97 Å². The van der Waals surface area contributed by atoms with Crippen molar-refractivity contribution in [1.29, 1.82) is 0 Å². The first kappa shape index (κ1) is 19.8. The molecular weight excluding hydrogens is 360 g/mol. The summed E-state index contributed by atoms with van der Waals surface area (Å²) >= 11 is 0. The van der Waals surface area contributed by atoms with E-state index in [1.807, 2.05) is 37.3 Å². The second-order valence-electron chi connectivity index (χ2n) is 6.97. The molecule has 0 aromatic heterocycles. The number of nitrogens with zero attached hydrogens (tertiary/aromatic N) is 1. The van der Waals surface area contributed by atoms with Crippen LogP contribution in [0, 0.1) is 10.1 Å². The molecule has 1 aliphatic heterocycles. The van der Waals surface area contributed by atoms with Crippen LogP contribution >= 0.6 is 0 Å². The zero-order chi connectivity index (χ0) is 20.3. The lowest BCUT2D eigenvalue weighted by molar-refractivity contribution is -0.571. The normalized spacial score (nSPS) is 26.6. The van der Waals surface area contributed by atoms with Crippen molar-refractivity contribution < 1.29 is 19.2 Å². The highest BCUT2D eigenvalue weighted by Gasteiger charge is 2.64. The first-order valence-corrected chi connectivity index (χ1v) is 9.19. The fraction of sp³-hybridized carbons (Fsp3) is 0.381. The number of carbonyl (C=O) groups excluding carboxylic acids is 1. The van der Waals surface area contributed by atoms with E-state index in [4.69, 9.17) is 9.47 Å². The maximum atomic E-state index is 12.5. The van der Waals surface area contributed by atoms with Gasteiger partial charge < -0.3 is 9.47 Å². The highest BCUT2D eigenvalue weighted by molar-refractivity contribution is 5.78. The second kappa shape index (κ2) is 7.98. The number of benzene rings is 2. The molecule has 7 nitrogen and oxygen atoms in total. The van der Waals surface area contributed by atoms with Crippen molar-refractivity contribution in [2.45, 2.75) is 37.4 Å². The first-order valence-electron chi connectivity index (χ1n) is 9.19. The smallest absolute Gasteiger partial charge is 0.323 e. The van der Waals surface area contributed by atoms with Crippen LogP contribution in [0.15, 0.2) is 54.6 Å². The minimum absolute atomic E-state index is 0.290. The van der Waals surface area contributed by atoms with Gasteiger partial charge in [0.15, 0.2) is 0 Å². The number of esters is 1. The molecule has 0 bridgehead atoms. The van der Waals surface area contributed by atoms with E-state index in [9.17, 15) is 14.9 Å². The molecule has 3 rings (SSSR count). The number of nitrogens with one attached hydrogen (secondary N) is 1. The standard InChI is InChI=1S/C21H24N2O5/c1-4-28-16-12-10-14(11-13-16)17-18(20(24)27-3)22-19(21(17,2)23(25)26)15-8-6-5-7-9-15/h5-13,17-19,22H,4H2,1-3H3/t17-,18+,19+,21+/m1/s1. The van der Waals surface area contributed by atoms with Crippen LogP contribution in [-0.2, 0) is 9.53 Å². The minimum atomic E-state index is -1.45. The summed E-state index contributed by atoms with van der Waals surface area (Å²) in [4.78, 5) is 24.5. The summed E-state index contributed by atoms with van der Waals surface area (Å²) in [7, 11) is 1.29. The number of methoxy groups -OCH3 is 1. The monoisotopic (exact) mass is 384 g/mol. The van der Waals surface area contributed by atoms with E-state index in [0.717, 1.165) is 5.56 Å². The van der Waals surface area contributed by atoms with E-state index in [-0.39, 0.29) is 4.92 Å². The number of ether oxygens (including phenoxy) is 2. The van der Waals surface area contributed by atoms with Gasteiger partial charge in [0.05, 0.1) is 19.6 Å². The van der Waals surface area contributed by atoms with Crippen LogP contribution in [0.2, 0.25) is 0 Å². The Balaban J connectivity index is 2.11. The average Bonchev–Trinajstić information content (AvgIpc) is 3.03. The predicted molar refractivity (Wildman–Crippen MR) is 104 cm³/mol. The number of rotatable bonds is 6. The molecule has 1 heterocycles. The Morgan fingerprint density at radius 2 is 1.79 bits per heavy atom. The first-order chi connectivity index (χ1) is 13.4. The van der Waals surface area contributed by atoms with Crippen LogP contribution in [-0.4, -0.2) is 36.2 Å². The SMILES string of the molecule is CCOc1ccc([C@@H]2[C@@H](C(=O)OC)N[C@@H](c3ccccc3)[C@@]2(C)[N+](=O)[O-])cc1. The molecule has 0 amide bonds. The van der Waals surface area contributed by atoms with Gasteiger partial charge in [-0.05, 0) is 30.2 Å². The van der Waals surface area contributed by atoms with Crippen LogP contribution in [0.5, 0.6) is 5.75 Å². The molecule has 0 spiro atoms. The number of carbonyl (C=O) groups is 1. The van der Waals surface area contributed by atoms with Crippen LogP contribution in [0.1, 0.15) is 36.9 Å². The minimum Gasteiger partial charge on any atom is -0.494 e. The molecular formula is C21H24N2O5. The Hall–Kier alpha value is -2.93. The summed E-state index contributed by atoms with van der Waals surface area (Å²) in [5.74, 6) is -0.560. The molecule has 148 valence electrons. The van der Waals surface area contributed by atoms with E-state index >= 15 is 0 Å². The molecule has 2 aromatic rings. The fourth-order valence-corrected chi connectivity index (χ4v) is 4.06. The summed E-state index contributed by atoms with van der Waals surface area (Å²) in [6.07, 6.45) is 0. The fourth-order valence-electron chi connectivity index (χ4n) is 4.06. The zero-order valence-electron chi connectivity index (χ0n) is 16.1. The molecule has 0 unspecified atom stereocenters. The quantitative estimate of drug-likeness (QED) is 0.468. The largest absolute Gasteiger partial charge is 0.494 e. The van der Waals surface area contributed by atoms with Crippen LogP contribution in [0.25, 0.3) is 0 Å².